The lowest BCUT2D eigenvalue weighted by Gasteiger charge is -2.22. The first-order valence-corrected chi connectivity index (χ1v) is 7.74. The van der Waals surface area contributed by atoms with Gasteiger partial charge in [0, 0.05) is 13.0 Å². The number of aromatic hydroxyl groups is 1. The molecule has 0 spiro atoms. The van der Waals surface area contributed by atoms with E-state index in [1.807, 2.05) is 0 Å². The van der Waals surface area contributed by atoms with Gasteiger partial charge in [-0.3, -0.25) is 4.79 Å². The molecule has 0 fully saturated rings. The Morgan fingerprint density at radius 1 is 1.25 bits per heavy atom. The summed E-state index contributed by atoms with van der Waals surface area (Å²) < 4.78 is 5.03. The predicted octanol–water partition coefficient (Wildman–Crippen LogP) is 1.90. The highest BCUT2D eigenvalue weighted by Crippen LogP contribution is 2.25. The molecule has 7 heteroatoms. The fourth-order valence-electron chi connectivity index (χ4n) is 1.99. The summed E-state index contributed by atoms with van der Waals surface area (Å²) >= 11 is 0. The van der Waals surface area contributed by atoms with Crippen LogP contribution in [0.1, 0.15) is 56.1 Å². The number of ketones is 1. The molecule has 0 saturated carbocycles. The van der Waals surface area contributed by atoms with E-state index in [-0.39, 0.29) is 35.6 Å². The number of ether oxygens (including phenoxy) is 1. The molecule has 0 radical (unpaired) electrons. The summed E-state index contributed by atoms with van der Waals surface area (Å²) in [6, 6.07) is 4.03. The first-order valence-electron chi connectivity index (χ1n) is 7.74. The van der Waals surface area contributed by atoms with E-state index in [1.165, 1.54) is 18.2 Å². The van der Waals surface area contributed by atoms with Gasteiger partial charge >= 0.3 is 6.09 Å². The molecule has 0 saturated heterocycles. The number of Topliss-reactive ketones (excluding diaryl/α,β-unsaturated/α-hetero) is 1. The van der Waals surface area contributed by atoms with Crippen molar-refractivity contribution in [1.82, 2.24) is 5.32 Å². The third-order valence-electron chi connectivity index (χ3n) is 3.20. The summed E-state index contributed by atoms with van der Waals surface area (Å²) in [5.74, 6) is -0.456. The number of phenolic OH excluding ortho intramolecular Hbond substituents is 1. The van der Waals surface area contributed by atoms with E-state index in [9.17, 15) is 24.9 Å². The fraction of sp³-hybridized carbons (Fsp3) is 0.529. The van der Waals surface area contributed by atoms with Crippen LogP contribution in [0, 0.1) is 0 Å². The molecule has 0 bridgehead atoms. The van der Waals surface area contributed by atoms with Gasteiger partial charge in [0.05, 0.1) is 5.56 Å². The normalized spacial score (nSPS) is 13.9. The molecule has 1 aromatic carbocycles. The van der Waals surface area contributed by atoms with Crippen LogP contribution in [0.15, 0.2) is 18.2 Å². The highest BCUT2D eigenvalue weighted by atomic mass is 16.6. The van der Waals surface area contributed by atoms with Crippen molar-refractivity contribution in [3.05, 3.63) is 29.3 Å². The topological polar surface area (TPSA) is 116 Å². The molecule has 24 heavy (non-hydrogen) atoms. The number of carbonyl (C=O) groups excluding carboxylic acids is 2. The number of aliphatic hydroxyl groups excluding tert-OH is 2. The number of carbonyl (C=O) groups is 2. The van der Waals surface area contributed by atoms with Crippen molar-refractivity contribution in [3.8, 4) is 5.75 Å². The highest BCUT2D eigenvalue weighted by molar-refractivity contribution is 5.98. The van der Waals surface area contributed by atoms with Crippen molar-refractivity contribution in [2.75, 3.05) is 6.54 Å². The van der Waals surface area contributed by atoms with Gasteiger partial charge in [0.15, 0.2) is 5.78 Å². The van der Waals surface area contributed by atoms with Crippen molar-refractivity contribution in [2.24, 2.45) is 0 Å². The van der Waals surface area contributed by atoms with Crippen LogP contribution in [0.3, 0.4) is 0 Å². The molecular weight excluding hydrogens is 314 g/mol. The number of rotatable bonds is 6. The second-order valence-electron chi connectivity index (χ2n) is 6.45. The van der Waals surface area contributed by atoms with Crippen LogP contribution < -0.4 is 5.32 Å². The summed E-state index contributed by atoms with van der Waals surface area (Å²) in [7, 11) is 0. The Balaban J connectivity index is 2.74. The Morgan fingerprint density at radius 2 is 1.88 bits per heavy atom. The first-order chi connectivity index (χ1) is 11.0. The van der Waals surface area contributed by atoms with E-state index in [2.05, 4.69) is 5.32 Å². The van der Waals surface area contributed by atoms with Crippen molar-refractivity contribution in [2.45, 2.75) is 51.9 Å². The van der Waals surface area contributed by atoms with E-state index in [4.69, 9.17) is 4.74 Å². The summed E-state index contributed by atoms with van der Waals surface area (Å²) in [5, 5.41) is 32.2. The van der Waals surface area contributed by atoms with Gasteiger partial charge in [-0.1, -0.05) is 13.0 Å². The Labute approximate surface area is 141 Å². The molecule has 0 heterocycles. The molecule has 1 aromatic rings. The number of nitrogens with one attached hydrogen (secondary N) is 1. The molecular formula is C17H25NO6. The van der Waals surface area contributed by atoms with E-state index in [0.717, 1.165) is 0 Å². The van der Waals surface area contributed by atoms with E-state index in [1.54, 1.807) is 27.7 Å². The Hall–Kier alpha value is -2.12. The van der Waals surface area contributed by atoms with Crippen LogP contribution in [-0.2, 0) is 4.74 Å². The second-order valence-corrected chi connectivity index (χ2v) is 6.45. The van der Waals surface area contributed by atoms with E-state index >= 15 is 0 Å². The molecule has 2 atom stereocenters. The molecule has 0 aliphatic carbocycles. The Bertz CT molecular complexity index is 593. The minimum atomic E-state index is -1.33. The van der Waals surface area contributed by atoms with Crippen molar-refractivity contribution < 1.29 is 29.6 Å². The number of hydrogen-bond donors (Lipinski definition) is 4. The standard InChI is InChI=1S/C17H25NO6/c1-5-12(19)11-8-10(6-7-13(11)20)15(22)14(21)9-18-16(23)24-17(2,3)4/h6-8,14-15,20-22H,5,9H2,1-4H3,(H,18,23). The monoisotopic (exact) mass is 339 g/mol. The molecule has 0 aliphatic rings. The Kier molecular flexibility index (Phi) is 6.74. The maximum Gasteiger partial charge on any atom is 0.407 e. The smallest absolute Gasteiger partial charge is 0.407 e. The molecule has 0 aliphatic heterocycles. The highest BCUT2D eigenvalue weighted by Gasteiger charge is 2.23. The average molecular weight is 339 g/mol. The van der Waals surface area contributed by atoms with Crippen molar-refractivity contribution in [1.29, 1.82) is 0 Å². The van der Waals surface area contributed by atoms with Crippen molar-refractivity contribution in [3.63, 3.8) is 0 Å². The quantitative estimate of drug-likeness (QED) is 0.588. The zero-order valence-electron chi connectivity index (χ0n) is 14.4. The van der Waals surface area contributed by atoms with Gasteiger partial charge in [0.25, 0.3) is 0 Å². The summed E-state index contributed by atoms with van der Waals surface area (Å²) in [6.07, 6.45) is -3.13. The van der Waals surface area contributed by atoms with Crippen LogP contribution in [-0.4, -0.2) is 45.4 Å². The molecule has 1 rings (SSSR count). The summed E-state index contributed by atoms with van der Waals surface area (Å²) in [4.78, 5) is 23.3. The van der Waals surface area contributed by atoms with Crippen LogP contribution >= 0.6 is 0 Å². The zero-order valence-corrected chi connectivity index (χ0v) is 14.4. The van der Waals surface area contributed by atoms with Crippen molar-refractivity contribution >= 4 is 11.9 Å². The number of alkyl carbamates (subject to hydrolysis) is 1. The molecule has 1 amide bonds. The minimum Gasteiger partial charge on any atom is -0.507 e. The van der Waals surface area contributed by atoms with Gasteiger partial charge in [-0.05, 0) is 38.5 Å². The number of phenols is 1. The maximum atomic E-state index is 11.7. The minimum absolute atomic E-state index is 0.0846. The molecule has 7 nitrogen and oxygen atoms in total. The summed E-state index contributed by atoms with van der Waals surface area (Å²) in [5.41, 5.74) is -0.315. The van der Waals surface area contributed by atoms with Gasteiger partial charge in [-0.25, -0.2) is 4.79 Å². The molecule has 4 N–H and O–H groups in total. The molecule has 0 aromatic heterocycles. The van der Waals surface area contributed by atoms with Crippen LogP contribution in [0.25, 0.3) is 0 Å². The van der Waals surface area contributed by atoms with Crippen LogP contribution in [0.5, 0.6) is 5.75 Å². The third kappa shape index (κ3) is 5.82. The average Bonchev–Trinajstić information content (AvgIpc) is 2.50. The van der Waals surface area contributed by atoms with Gasteiger partial charge in [-0.2, -0.15) is 0 Å². The second kappa shape index (κ2) is 8.12. The molecule has 134 valence electrons. The zero-order chi connectivity index (χ0) is 18.5. The first kappa shape index (κ1) is 19.9. The van der Waals surface area contributed by atoms with E-state index in [0.29, 0.717) is 0 Å². The van der Waals surface area contributed by atoms with Gasteiger partial charge in [0.2, 0.25) is 0 Å². The largest absolute Gasteiger partial charge is 0.507 e. The SMILES string of the molecule is CCC(=O)c1cc(C(O)C(O)CNC(=O)OC(C)(C)C)ccc1O. The predicted molar refractivity (Wildman–Crippen MR) is 87.9 cm³/mol. The van der Waals surface area contributed by atoms with Crippen LogP contribution in [0.4, 0.5) is 4.79 Å². The van der Waals surface area contributed by atoms with Crippen LogP contribution in [0.2, 0.25) is 0 Å². The van der Waals surface area contributed by atoms with Gasteiger partial charge < -0.3 is 25.4 Å². The number of benzene rings is 1. The third-order valence-corrected chi connectivity index (χ3v) is 3.20. The Morgan fingerprint density at radius 3 is 2.42 bits per heavy atom. The lowest BCUT2D eigenvalue weighted by molar-refractivity contribution is 0.0129. The summed E-state index contributed by atoms with van der Waals surface area (Å²) in [6.45, 7) is 6.56. The number of amides is 1. The number of hydrogen-bond acceptors (Lipinski definition) is 6. The van der Waals surface area contributed by atoms with Gasteiger partial charge in [-0.15, -0.1) is 0 Å². The fourth-order valence-corrected chi connectivity index (χ4v) is 1.99. The lowest BCUT2D eigenvalue weighted by Crippen LogP contribution is -2.38. The van der Waals surface area contributed by atoms with Gasteiger partial charge in [0.1, 0.15) is 23.6 Å². The maximum absolute atomic E-state index is 11.7. The van der Waals surface area contributed by atoms with E-state index < -0.39 is 23.9 Å². The number of aliphatic hydroxyl groups is 2. The molecule has 2 unspecified atom stereocenters. The lowest BCUT2D eigenvalue weighted by atomic mass is 9.98.